The van der Waals surface area contributed by atoms with Gasteiger partial charge in [-0.05, 0) is 31.2 Å². The van der Waals surface area contributed by atoms with Crippen LogP contribution in [-0.2, 0) is 16.1 Å². The summed E-state index contributed by atoms with van der Waals surface area (Å²) in [5, 5.41) is 0. The van der Waals surface area contributed by atoms with Gasteiger partial charge in [0, 0.05) is 18.9 Å². The molecule has 0 amide bonds. The van der Waals surface area contributed by atoms with Crippen LogP contribution in [0.4, 0.5) is 0 Å². The third-order valence-corrected chi connectivity index (χ3v) is 4.13. The largest absolute Gasteiger partial charge is 0.377 e. The van der Waals surface area contributed by atoms with E-state index in [1.807, 2.05) is 18.2 Å². The lowest BCUT2D eigenvalue weighted by Gasteiger charge is -2.18. The Kier molecular flexibility index (Phi) is 6.79. The molecular weight excluding hydrogens is 248 g/mol. The third kappa shape index (κ3) is 5.46. The molecule has 0 spiro atoms. The SMILES string of the molecule is O=C1CCCCCC[C@@H]1CCCOCc1ccccc1. The molecule has 0 aromatic heterocycles. The smallest absolute Gasteiger partial charge is 0.135 e. The van der Waals surface area contributed by atoms with Crippen molar-refractivity contribution in [3.8, 4) is 0 Å². The second-order valence-electron chi connectivity index (χ2n) is 5.80. The van der Waals surface area contributed by atoms with Gasteiger partial charge < -0.3 is 4.74 Å². The van der Waals surface area contributed by atoms with Crippen LogP contribution in [-0.4, -0.2) is 12.4 Å². The summed E-state index contributed by atoms with van der Waals surface area (Å²) in [5.41, 5.74) is 1.22. The number of Topliss-reactive ketones (excluding diaryl/α,β-unsaturated/α-hetero) is 1. The number of carbonyl (C=O) groups is 1. The standard InChI is InChI=1S/C18H26O2/c19-18-13-7-2-1-6-11-17(18)12-8-14-20-15-16-9-4-3-5-10-16/h3-5,9-10,17H,1-2,6-8,11-15H2/t17-/m1/s1. The number of carbonyl (C=O) groups excluding carboxylic acids is 1. The molecular formula is C18H26O2. The van der Waals surface area contributed by atoms with Crippen LogP contribution in [0, 0.1) is 5.92 Å². The minimum absolute atomic E-state index is 0.302. The van der Waals surface area contributed by atoms with Crippen LogP contribution in [0.3, 0.4) is 0 Å². The van der Waals surface area contributed by atoms with E-state index in [1.165, 1.54) is 24.8 Å². The van der Waals surface area contributed by atoms with E-state index < -0.39 is 0 Å². The molecule has 0 aliphatic heterocycles. The molecule has 1 atom stereocenters. The Bertz CT molecular complexity index is 386. The fourth-order valence-electron chi connectivity index (χ4n) is 2.91. The van der Waals surface area contributed by atoms with E-state index in [0.29, 0.717) is 18.3 Å². The van der Waals surface area contributed by atoms with Crippen molar-refractivity contribution in [2.75, 3.05) is 6.61 Å². The molecule has 0 radical (unpaired) electrons. The van der Waals surface area contributed by atoms with Crippen molar-refractivity contribution in [2.45, 2.75) is 58.0 Å². The molecule has 20 heavy (non-hydrogen) atoms. The monoisotopic (exact) mass is 274 g/mol. The highest BCUT2D eigenvalue weighted by molar-refractivity contribution is 5.80. The summed E-state index contributed by atoms with van der Waals surface area (Å²) in [6, 6.07) is 10.2. The third-order valence-electron chi connectivity index (χ3n) is 4.13. The molecule has 2 heteroatoms. The molecule has 0 bridgehead atoms. The van der Waals surface area contributed by atoms with Crippen molar-refractivity contribution in [2.24, 2.45) is 5.92 Å². The van der Waals surface area contributed by atoms with Crippen molar-refractivity contribution >= 4 is 5.78 Å². The maximum absolute atomic E-state index is 12.0. The molecule has 1 aromatic rings. The first kappa shape index (κ1) is 15.2. The van der Waals surface area contributed by atoms with Gasteiger partial charge in [-0.15, -0.1) is 0 Å². The molecule has 1 aromatic carbocycles. The summed E-state index contributed by atoms with van der Waals surface area (Å²) in [5.74, 6) is 0.795. The van der Waals surface area contributed by atoms with Gasteiger partial charge in [-0.2, -0.15) is 0 Å². The molecule has 0 N–H and O–H groups in total. The highest BCUT2D eigenvalue weighted by Crippen LogP contribution is 2.23. The van der Waals surface area contributed by atoms with Gasteiger partial charge >= 0.3 is 0 Å². The first-order valence-electron chi connectivity index (χ1n) is 8.00. The number of benzene rings is 1. The lowest BCUT2D eigenvalue weighted by Crippen LogP contribution is -2.17. The lowest BCUT2D eigenvalue weighted by atomic mass is 9.87. The van der Waals surface area contributed by atoms with Crippen LogP contribution in [0.2, 0.25) is 0 Å². The number of rotatable bonds is 6. The first-order chi connectivity index (χ1) is 9.86. The minimum Gasteiger partial charge on any atom is -0.377 e. The Morgan fingerprint density at radius 1 is 1.05 bits per heavy atom. The Hall–Kier alpha value is -1.15. The van der Waals surface area contributed by atoms with E-state index in [2.05, 4.69) is 12.1 Å². The van der Waals surface area contributed by atoms with Gasteiger partial charge in [0.2, 0.25) is 0 Å². The van der Waals surface area contributed by atoms with Crippen LogP contribution in [0.15, 0.2) is 30.3 Å². The summed E-state index contributed by atoms with van der Waals surface area (Å²) in [4.78, 5) is 12.0. The van der Waals surface area contributed by atoms with E-state index in [9.17, 15) is 4.79 Å². The zero-order chi connectivity index (χ0) is 14.0. The second kappa shape index (κ2) is 8.91. The summed E-state index contributed by atoms with van der Waals surface area (Å²) in [6.07, 6.45) is 8.76. The van der Waals surface area contributed by atoms with Crippen LogP contribution in [0.5, 0.6) is 0 Å². The van der Waals surface area contributed by atoms with Gasteiger partial charge in [-0.3, -0.25) is 4.79 Å². The number of hydrogen-bond acceptors (Lipinski definition) is 2. The van der Waals surface area contributed by atoms with E-state index in [1.54, 1.807) is 0 Å². The van der Waals surface area contributed by atoms with Gasteiger partial charge in [0.25, 0.3) is 0 Å². The summed E-state index contributed by atoms with van der Waals surface area (Å²) in [7, 11) is 0. The van der Waals surface area contributed by atoms with Gasteiger partial charge in [-0.25, -0.2) is 0 Å². The lowest BCUT2D eigenvalue weighted by molar-refractivity contribution is -0.123. The zero-order valence-electron chi connectivity index (χ0n) is 12.4. The van der Waals surface area contributed by atoms with Crippen molar-refractivity contribution in [1.82, 2.24) is 0 Å². The predicted octanol–water partition coefficient (Wildman–Crippen LogP) is 4.52. The van der Waals surface area contributed by atoms with Gasteiger partial charge in [0.1, 0.15) is 5.78 Å². The molecule has 0 saturated heterocycles. The summed E-state index contributed by atoms with van der Waals surface area (Å²) in [6.45, 7) is 1.44. The number of hydrogen-bond donors (Lipinski definition) is 0. The zero-order valence-corrected chi connectivity index (χ0v) is 12.4. The van der Waals surface area contributed by atoms with E-state index in [0.717, 1.165) is 38.7 Å². The molecule has 0 unspecified atom stereocenters. The molecule has 1 saturated carbocycles. The minimum atomic E-state index is 0.302. The number of ketones is 1. The average molecular weight is 274 g/mol. The van der Waals surface area contributed by atoms with Crippen molar-refractivity contribution in [3.05, 3.63) is 35.9 Å². The maximum Gasteiger partial charge on any atom is 0.135 e. The quantitative estimate of drug-likeness (QED) is 0.713. The van der Waals surface area contributed by atoms with E-state index >= 15 is 0 Å². The Morgan fingerprint density at radius 3 is 2.70 bits per heavy atom. The molecule has 110 valence electrons. The average Bonchev–Trinajstić information content (AvgIpc) is 2.46. The number of ether oxygens (including phenoxy) is 1. The first-order valence-corrected chi connectivity index (χ1v) is 8.00. The molecule has 2 rings (SSSR count). The predicted molar refractivity (Wildman–Crippen MR) is 81.5 cm³/mol. The van der Waals surface area contributed by atoms with Gasteiger partial charge in [-0.1, -0.05) is 49.6 Å². The molecule has 1 aliphatic carbocycles. The van der Waals surface area contributed by atoms with Crippen molar-refractivity contribution < 1.29 is 9.53 Å². The molecule has 1 fully saturated rings. The molecule has 1 aliphatic rings. The van der Waals surface area contributed by atoms with E-state index in [-0.39, 0.29) is 0 Å². The molecule has 0 heterocycles. The Labute approximate surface area is 122 Å². The summed E-state index contributed by atoms with van der Waals surface area (Å²) >= 11 is 0. The Balaban J connectivity index is 1.61. The second-order valence-corrected chi connectivity index (χ2v) is 5.80. The fourth-order valence-corrected chi connectivity index (χ4v) is 2.91. The van der Waals surface area contributed by atoms with E-state index in [4.69, 9.17) is 4.74 Å². The van der Waals surface area contributed by atoms with Crippen molar-refractivity contribution in [1.29, 1.82) is 0 Å². The summed E-state index contributed by atoms with van der Waals surface area (Å²) < 4.78 is 5.69. The van der Waals surface area contributed by atoms with Crippen LogP contribution in [0.1, 0.15) is 56.9 Å². The van der Waals surface area contributed by atoms with Crippen LogP contribution < -0.4 is 0 Å². The van der Waals surface area contributed by atoms with Crippen LogP contribution >= 0.6 is 0 Å². The normalized spacial score (nSPS) is 20.4. The van der Waals surface area contributed by atoms with Gasteiger partial charge in [0.05, 0.1) is 6.61 Å². The topological polar surface area (TPSA) is 26.3 Å². The fraction of sp³-hybridized carbons (Fsp3) is 0.611. The highest BCUT2D eigenvalue weighted by Gasteiger charge is 2.18. The molecule has 2 nitrogen and oxygen atoms in total. The van der Waals surface area contributed by atoms with Crippen molar-refractivity contribution in [3.63, 3.8) is 0 Å². The van der Waals surface area contributed by atoms with Crippen LogP contribution in [0.25, 0.3) is 0 Å². The Morgan fingerprint density at radius 2 is 1.85 bits per heavy atom. The maximum atomic E-state index is 12.0. The highest BCUT2D eigenvalue weighted by atomic mass is 16.5. The van der Waals surface area contributed by atoms with Gasteiger partial charge in [0.15, 0.2) is 0 Å².